The molecule has 1 atom stereocenters. The van der Waals surface area contributed by atoms with Crippen LogP contribution in [0.5, 0.6) is 0 Å². The van der Waals surface area contributed by atoms with Crippen LogP contribution in [0.1, 0.15) is 36.3 Å². The average Bonchev–Trinajstić information content (AvgIpc) is 2.83. The molecule has 2 aliphatic rings. The van der Waals surface area contributed by atoms with Crippen LogP contribution in [0, 0.1) is 0 Å². The summed E-state index contributed by atoms with van der Waals surface area (Å²) < 4.78 is 56.2. The van der Waals surface area contributed by atoms with E-state index in [4.69, 9.17) is 16.7 Å². The molecule has 182 valence electrons. The van der Waals surface area contributed by atoms with E-state index >= 15 is 0 Å². The van der Waals surface area contributed by atoms with Crippen molar-refractivity contribution in [2.75, 3.05) is 26.7 Å². The number of guanidine groups is 1. The first-order valence-corrected chi connectivity index (χ1v) is 12.8. The minimum Gasteiger partial charge on any atom is -0.254 e. The Morgan fingerprint density at radius 2 is 1.74 bits per heavy atom. The molecule has 0 bridgehead atoms. The quantitative estimate of drug-likeness (QED) is 0.498. The first kappa shape index (κ1) is 24.6. The van der Waals surface area contributed by atoms with Crippen LogP contribution in [0.25, 0.3) is 0 Å². The van der Waals surface area contributed by atoms with Crippen LogP contribution in [0.2, 0.25) is 5.02 Å². The largest absolute Gasteiger partial charge is 0.303 e. The Balaban J connectivity index is 1.61. The first-order valence-electron chi connectivity index (χ1n) is 11.0. The fourth-order valence-corrected chi connectivity index (χ4v) is 5.47. The monoisotopic (exact) mass is 509 g/mol. The Morgan fingerprint density at radius 1 is 1.09 bits per heavy atom. The van der Waals surface area contributed by atoms with Gasteiger partial charge < -0.3 is 0 Å². The topological polar surface area (TPSA) is 77.4 Å². The van der Waals surface area contributed by atoms with Crippen molar-refractivity contribution in [3.63, 3.8) is 0 Å². The maximum Gasteiger partial charge on any atom is 0.303 e. The van der Waals surface area contributed by atoms with Gasteiger partial charge in [0.15, 0.2) is 0 Å². The summed E-state index contributed by atoms with van der Waals surface area (Å²) in [5, 5.41) is 6.89. The summed E-state index contributed by atoms with van der Waals surface area (Å²) in [6.45, 7) is -0.0900. The highest BCUT2D eigenvalue weighted by atomic mass is 35.5. The molecule has 1 unspecified atom stereocenters. The smallest absolute Gasteiger partial charge is 0.254 e. The van der Waals surface area contributed by atoms with Crippen molar-refractivity contribution in [3.05, 3.63) is 70.7 Å². The number of rotatable bonds is 4. The van der Waals surface area contributed by atoms with Gasteiger partial charge in [-0.15, -0.1) is 0 Å². The number of halogens is 3. The normalized spacial score (nSPS) is 21.8. The molecule has 1 N–H and O–H groups in total. The standard InChI is InChI=1S/C23H26ClF2N5O2S/c1-27-22(29-34(32,33)30-15-12-23(25,26)13-16-30)31-14-11-20(17-5-3-2-4-6-17)21(28-31)18-7-9-19(24)10-8-18/h2-10,20H,11-16H2,1H3,(H,27,29). The van der Waals surface area contributed by atoms with Crippen molar-refractivity contribution >= 4 is 33.5 Å². The predicted octanol–water partition coefficient (Wildman–Crippen LogP) is 4.08. The minimum atomic E-state index is -4.06. The number of nitrogens with one attached hydrogen (secondary N) is 1. The van der Waals surface area contributed by atoms with Gasteiger partial charge in [0.1, 0.15) is 0 Å². The van der Waals surface area contributed by atoms with Crippen LogP contribution in [-0.2, 0) is 10.2 Å². The van der Waals surface area contributed by atoms with E-state index in [1.54, 1.807) is 12.1 Å². The predicted molar refractivity (Wildman–Crippen MR) is 130 cm³/mol. The van der Waals surface area contributed by atoms with Gasteiger partial charge >= 0.3 is 10.2 Å². The molecule has 4 rings (SSSR count). The Bertz CT molecular complexity index is 1160. The van der Waals surface area contributed by atoms with Crippen molar-refractivity contribution in [2.45, 2.75) is 31.1 Å². The highest BCUT2D eigenvalue weighted by Crippen LogP contribution is 2.31. The molecule has 1 saturated heterocycles. The van der Waals surface area contributed by atoms with E-state index in [-0.39, 0.29) is 25.0 Å². The number of piperidine rings is 1. The van der Waals surface area contributed by atoms with E-state index in [2.05, 4.69) is 9.71 Å². The second kappa shape index (κ2) is 9.97. The molecule has 7 nitrogen and oxygen atoms in total. The van der Waals surface area contributed by atoms with Gasteiger partial charge in [0, 0.05) is 50.5 Å². The van der Waals surface area contributed by atoms with E-state index < -0.39 is 29.0 Å². The summed E-state index contributed by atoms with van der Waals surface area (Å²) in [5.41, 5.74) is 2.72. The number of hydrazone groups is 1. The Labute approximate surface area is 203 Å². The van der Waals surface area contributed by atoms with E-state index in [0.717, 1.165) is 21.1 Å². The molecule has 2 heterocycles. The lowest BCUT2D eigenvalue weighted by Crippen LogP contribution is -2.52. The number of hydrogen-bond donors (Lipinski definition) is 1. The Kier molecular flexibility index (Phi) is 7.20. The van der Waals surface area contributed by atoms with Crippen molar-refractivity contribution < 1.29 is 17.2 Å². The fourth-order valence-electron chi connectivity index (χ4n) is 4.13. The third-order valence-corrected chi connectivity index (χ3v) is 7.74. The molecular formula is C23H26ClF2N5O2S. The van der Waals surface area contributed by atoms with Crippen LogP contribution in [-0.4, -0.2) is 62.0 Å². The zero-order valence-corrected chi connectivity index (χ0v) is 20.2. The molecular weight excluding hydrogens is 484 g/mol. The molecule has 0 spiro atoms. The number of hydrogen-bond acceptors (Lipinski definition) is 4. The molecule has 0 radical (unpaired) electrons. The molecule has 2 aromatic carbocycles. The van der Waals surface area contributed by atoms with Gasteiger partial charge in [-0.05, 0) is 29.7 Å². The second-order valence-electron chi connectivity index (χ2n) is 8.28. The molecule has 11 heteroatoms. The van der Waals surface area contributed by atoms with E-state index in [1.807, 2.05) is 42.5 Å². The van der Waals surface area contributed by atoms with Gasteiger partial charge in [-0.25, -0.2) is 18.5 Å². The van der Waals surface area contributed by atoms with Crippen molar-refractivity contribution in [1.29, 1.82) is 0 Å². The molecule has 1 fully saturated rings. The highest BCUT2D eigenvalue weighted by molar-refractivity contribution is 7.87. The van der Waals surface area contributed by atoms with Crippen LogP contribution in [0.15, 0.2) is 64.7 Å². The number of nitrogens with zero attached hydrogens (tertiary/aromatic N) is 4. The minimum absolute atomic E-state index is 0.00216. The van der Waals surface area contributed by atoms with Gasteiger partial charge in [-0.2, -0.15) is 17.8 Å². The maximum absolute atomic E-state index is 13.5. The summed E-state index contributed by atoms with van der Waals surface area (Å²) >= 11 is 6.07. The van der Waals surface area contributed by atoms with Gasteiger partial charge in [0.2, 0.25) is 5.96 Å². The SMILES string of the molecule is CN=C(NS(=O)(=O)N1CCC(F)(F)CC1)N1CCC(c2ccccc2)C(c2ccc(Cl)cc2)=N1. The molecule has 0 saturated carbocycles. The third-order valence-electron chi connectivity index (χ3n) is 6.00. The lowest BCUT2D eigenvalue weighted by Gasteiger charge is -2.34. The number of benzene rings is 2. The van der Waals surface area contributed by atoms with E-state index in [1.165, 1.54) is 12.1 Å². The van der Waals surface area contributed by atoms with Gasteiger partial charge in [-0.3, -0.25) is 4.99 Å². The summed E-state index contributed by atoms with van der Waals surface area (Å²) in [7, 11) is -2.60. The molecule has 2 aromatic rings. The zero-order valence-electron chi connectivity index (χ0n) is 18.7. The Hall–Kier alpha value is -2.56. The highest BCUT2D eigenvalue weighted by Gasteiger charge is 2.39. The summed E-state index contributed by atoms with van der Waals surface area (Å²) in [6.07, 6.45) is -0.343. The van der Waals surface area contributed by atoms with Crippen molar-refractivity contribution in [1.82, 2.24) is 14.0 Å². The van der Waals surface area contributed by atoms with Gasteiger partial charge in [0.25, 0.3) is 5.92 Å². The molecule has 2 aliphatic heterocycles. The van der Waals surface area contributed by atoms with Crippen LogP contribution < -0.4 is 4.72 Å². The Morgan fingerprint density at radius 3 is 2.35 bits per heavy atom. The summed E-state index contributed by atoms with van der Waals surface area (Å²) in [5.74, 6) is -2.81. The second-order valence-corrected chi connectivity index (χ2v) is 10.4. The third kappa shape index (κ3) is 5.56. The average molecular weight is 510 g/mol. The summed E-state index contributed by atoms with van der Waals surface area (Å²) in [6, 6.07) is 17.3. The molecule has 0 aliphatic carbocycles. The molecule has 0 aromatic heterocycles. The zero-order chi connectivity index (χ0) is 24.3. The number of alkyl halides is 2. The van der Waals surface area contributed by atoms with Crippen molar-refractivity contribution in [2.24, 2.45) is 10.1 Å². The maximum atomic E-state index is 13.5. The fraction of sp³-hybridized carbons (Fsp3) is 0.391. The van der Waals surface area contributed by atoms with Gasteiger partial charge in [0.05, 0.1) is 5.71 Å². The van der Waals surface area contributed by atoms with E-state index in [0.29, 0.717) is 18.0 Å². The molecule has 0 amide bonds. The molecule has 34 heavy (non-hydrogen) atoms. The number of aliphatic imine (C=N–C) groups is 1. The summed E-state index contributed by atoms with van der Waals surface area (Å²) in [4.78, 5) is 4.11. The van der Waals surface area contributed by atoms with Gasteiger partial charge in [-0.1, -0.05) is 54.1 Å². The van der Waals surface area contributed by atoms with Crippen molar-refractivity contribution in [3.8, 4) is 0 Å². The van der Waals surface area contributed by atoms with Crippen LogP contribution in [0.3, 0.4) is 0 Å². The van der Waals surface area contributed by atoms with E-state index in [9.17, 15) is 17.2 Å². The van der Waals surface area contributed by atoms with Crippen LogP contribution >= 0.6 is 11.6 Å². The van der Waals surface area contributed by atoms with Crippen LogP contribution in [0.4, 0.5) is 8.78 Å². The lowest BCUT2D eigenvalue weighted by atomic mass is 9.86. The first-order chi connectivity index (χ1) is 16.2. The lowest BCUT2D eigenvalue weighted by molar-refractivity contribution is -0.0412.